The summed E-state index contributed by atoms with van der Waals surface area (Å²) in [4.78, 5) is 42.9. The summed E-state index contributed by atoms with van der Waals surface area (Å²) in [5.41, 5.74) is 2.47. The zero-order valence-corrected chi connectivity index (χ0v) is 27.4. The van der Waals surface area contributed by atoms with Crippen molar-refractivity contribution in [3.05, 3.63) is 106 Å². The Labute approximate surface area is 277 Å². The quantitative estimate of drug-likeness (QED) is 0.131. The van der Waals surface area contributed by atoms with Crippen LogP contribution in [0.15, 0.2) is 82.8 Å². The Kier molecular flexibility index (Phi) is 13.3. The van der Waals surface area contributed by atoms with Gasteiger partial charge in [-0.25, -0.2) is 14.6 Å². The normalized spacial score (nSPS) is 13.6. The molecule has 0 aliphatic rings. The number of rotatable bonds is 16. The second kappa shape index (κ2) is 17.8. The molecule has 47 heavy (non-hydrogen) atoms. The van der Waals surface area contributed by atoms with E-state index in [0.29, 0.717) is 24.3 Å². The van der Waals surface area contributed by atoms with Gasteiger partial charge in [0.05, 0.1) is 29.0 Å². The van der Waals surface area contributed by atoms with E-state index in [4.69, 9.17) is 14.0 Å². The number of carbonyl (C=O) groups excluding carboxylic acids is 3. The Balaban J connectivity index is 1.39. The van der Waals surface area contributed by atoms with E-state index in [-0.39, 0.29) is 25.6 Å². The number of nitrogens with zero attached hydrogens (tertiary/aromatic N) is 2. The smallest absolute Gasteiger partial charge is 0.408 e. The molecule has 2 aromatic carbocycles. The fourth-order valence-electron chi connectivity index (χ4n) is 4.75. The highest BCUT2D eigenvalue weighted by Crippen LogP contribution is 2.19. The number of nitrogens with one attached hydrogen (secondary N) is 3. The minimum absolute atomic E-state index is 0.0111. The molecule has 0 spiro atoms. The standard InChI is InChI=1S/C34H41N5O7S/c1-22(2)32-38-27(21-47-32)19-44-33(42)36-23(3)31(41)37-26(16-24-10-6-4-7-11-24)18-30(40)29(17-25-12-8-5-9-13-25)39-34(43)45-20-28-14-15-35-46-28/h4-15,21-23,26,29-30,40H,16-20H2,1-3H3,(H,36,42)(H,37,41)(H,39,43)/t23-,26-,29-,30-/m0/s1. The maximum atomic E-state index is 13.3. The molecule has 0 aliphatic heterocycles. The SMILES string of the molecule is CC(C)c1nc(COC(=O)N[C@@H](C)C(=O)N[C@@H](Cc2ccccc2)C[C@H](O)[C@H](Cc2ccccc2)NC(=O)OCc2ccno2)cs1. The van der Waals surface area contributed by atoms with E-state index in [9.17, 15) is 19.5 Å². The molecule has 4 atom stereocenters. The van der Waals surface area contributed by atoms with Crippen molar-refractivity contribution in [2.75, 3.05) is 0 Å². The third-order valence-corrected chi connectivity index (χ3v) is 8.44. The van der Waals surface area contributed by atoms with Gasteiger partial charge in [-0.3, -0.25) is 4.79 Å². The number of aromatic nitrogens is 2. The minimum atomic E-state index is -1.08. The molecule has 0 radical (unpaired) electrons. The van der Waals surface area contributed by atoms with Crippen LogP contribution >= 0.6 is 11.3 Å². The first-order chi connectivity index (χ1) is 22.7. The first-order valence-corrected chi connectivity index (χ1v) is 16.3. The summed E-state index contributed by atoms with van der Waals surface area (Å²) in [6, 6.07) is 18.3. The summed E-state index contributed by atoms with van der Waals surface area (Å²) >= 11 is 1.50. The molecule has 0 unspecified atom stereocenters. The van der Waals surface area contributed by atoms with E-state index in [1.54, 1.807) is 13.0 Å². The van der Waals surface area contributed by atoms with Crippen molar-refractivity contribution in [2.24, 2.45) is 0 Å². The Bertz CT molecular complexity index is 1530. The molecule has 4 N–H and O–H groups in total. The Hall–Kier alpha value is -4.75. The second-order valence-corrected chi connectivity index (χ2v) is 12.4. The molecule has 0 bridgehead atoms. The van der Waals surface area contributed by atoms with Crippen LogP contribution in [0.2, 0.25) is 0 Å². The van der Waals surface area contributed by atoms with Crippen molar-refractivity contribution in [3.63, 3.8) is 0 Å². The van der Waals surface area contributed by atoms with E-state index >= 15 is 0 Å². The lowest BCUT2D eigenvalue weighted by atomic mass is 9.93. The van der Waals surface area contributed by atoms with Crippen LogP contribution in [0, 0.1) is 0 Å². The molecular weight excluding hydrogens is 622 g/mol. The zero-order chi connectivity index (χ0) is 33.6. The van der Waals surface area contributed by atoms with Gasteiger partial charge in [-0.1, -0.05) is 79.7 Å². The molecule has 12 nitrogen and oxygen atoms in total. The van der Waals surface area contributed by atoms with Crippen LogP contribution in [0.5, 0.6) is 0 Å². The average Bonchev–Trinajstić information content (AvgIpc) is 3.76. The van der Waals surface area contributed by atoms with Crippen LogP contribution < -0.4 is 16.0 Å². The van der Waals surface area contributed by atoms with E-state index in [1.807, 2.05) is 79.9 Å². The van der Waals surface area contributed by atoms with Crippen LogP contribution in [0.3, 0.4) is 0 Å². The van der Waals surface area contributed by atoms with Gasteiger partial charge in [0.2, 0.25) is 5.91 Å². The molecule has 0 aliphatic carbocycles. The number of alkyl carbamates (subject to hydrolysis) is 2. The summed E-state index contributed by atoms with van der Waals surface area (Å²) in [7, 11) is 0. The van der Waals surface area contributed by atoms with Gasteiger partial charge in [0.1, 0.15) is 12.6 Å². The topological polar surface area (TPSA) is 165 Å². The third-order valence-electron chi connectivity index (χ3n) is 7.24. The van der Waals surface area contributed by atoms with Gasteiger partial charge in [-0.2, -0.15) is 0 Å². The largest absolute Gasteiger partial charge is 0.443 e. The number of aliphatic hydroxyl groups is 1. The van der Waals surface area contributed by atoms with E-state index in [2.05, 4.69) is 26.1 Å². The number of amides is 3. The van der Waals surface area contributed by atoms with Gasteiger partial charge in [0.25, 0.3) is 0 Å². The van der Waals surface area contributed by atoms with Crippen molar-refractivity contribution in [1.29, 1.82) is 0 Å². The second-order valence-electron chi connectivity index (χ2n) is 11.5. The summed E-state index contributed by atoms with van der Waals surface area (Å²) in [5, 5.41) is 26.2. The summed E-state index contributed by atoms with van der Waals surface area (Å²) in [6.07, 6.45) is -0.307. The van der Waals surface area contributed by atoms with E-state index in [1.165, 1.54) is 17.5 Å². The maximum absolute atomic E-state index is 13.3. The van der Waals surface area contributed by atoms with Gasteiger partial charge in [0, 0.05) is 23.4 Å². The highest BCUT2D eigenvalue weighted by atomic mass is 32.1. The molecule has 4 aromatic rings. The lowest BCUT2D eigenvalue weighted by Crippen LogP contribution is -2.52. The number of aliphatic hydroxyl groups excluding tert-OH is 1. The fourth-order valence-corrected chi connectivity index (χ4v) is 5.57. The molecule has 0 saturated heterocycles. The first kappa shape index (κ1) is 35.1. The molecule has 0 fully saturated rings. The minimum Gasteiger partial charge on any atom is -0.443 e. The molecule has 4 rings (SSSR count). The van der Waals surface area contributed by atoms with Gasteiger partial charge in [-0.05, 0) is 37.3 Å². The monoisotopic (exact) mass is 663 g/mol. The molecule has 2 aromatic heterocycles. The summed E-state index contributed by atoms with van der Waals surface area (Å²) in [5.74, 6) is 0.197. The summed E-state index contributed by atoms with van der Waals surface area (Å²) < 4.78 is 15.5. The Morgan fingerprint density at radius 3 is 2.11 bits per heavy atom. The van der Waals surface area contributed by atoms with Crippen LogP contribution in [0.4, 0.5) is 9.59 Å². The molecule has 2 heterocycles. The van der Waals surface area contributed by atoms with Crippen LogP contribution in [-0.2, 0) is 40.3 Å². The Morgan fingerprint density at radius 2 is 1.49 bits per heavy atom. The number of ether oxygens (including phenoxy) is 2. The summed E-state index contributed by atoms with van der Waals surface area (Å²) in [6.45, 7) is 5.50. The van der Waals surface area contributed by atoms with Gasteiger partial charge in [-0.15, -0.1) is 11.3 Å². The lowest BCUT2D eigenvalue weighted by molar-refractivity contribution is -0.123. The number of hydrogen-bond acceptors (Lipinski definition) is 10. The van der Waals surface area contributed by atoms with Crippen LogP contribution in [0.25, 0.3) is 0 Å². The first-order valence-electron chi connectivity index (χ1n) is 15.4. The van der Waals surface area contributed by atoms with Crippen molar-refractivity contribution in [2.45, 2.75) is 83.4 Å². The predicted molar refractivity (Wildman–Crippen MR) is 175 cm³/mol. The fraction of sp³-hybridized carbons (Fsp3) is 0.382. The van der Waals surface area contributed by atoms with Gasteiger partial charge >= 0.3 is 12.2 Å². The van der Waals surface area contributed by atoms with Crippen LogP contribution in [0.1, 0.15) is 60.7 Å². The van der Waals surface area contributed by atoms with Crippen molar-refractivity contribution >= 4 is 29.4 Å². The average molecular weight is 664 g/mol. The number of benzene rings is 2. The van der Waals surface area contributed by atoms with Gasteiger partial charge in [0.15, 0.2) is 12.4 Å². The number of carbonyl (C=O) groups is 3. The predicted octanol–water partition coefficient (Wildman–Crippen LogP) is 4.89. The van der Waals surface area contributed by atoms with E-state index in [0.717, 1.165) is 16.1 Å². The Morgan fingerprint density at radius 1 is 0.851 bits per heavy atom. The van der Waals surface area contributed by atoms with E-state index < -0.39 is 42.3 Å². The molecule has 0 saturated carbocycles. The number of hydrogen-bond donors (Lipinski definition) is 4. The molecule has 250 valence electrons. The molecular formula is C34H41N5O7S. The van der Waals surface area contributed by atoms with Crippen molar-refractivity contribution in [1.82, 2.24) is 26.1 Å². The molecule has 3 amide bonds. The molecule has 13 heteroatoms. The maximum Gasteiger partial charge on any atom is 0.408 e. The lowest BCUT2D eigenvalue weighted by Gasteiger charge is -2.29. The van der Waals surface area contributed by atoms with Gasteiger partial charge < -0.3 is 35.1 Å². The van der Waals surface area contributed by atoms with Crippen molar-refractivity contribution < 1.29 is 33.5 Å². The zero-order valence-electron chi connectivity index (χ0n) is 26.6. The highest BCUT2D eigenvalue weighted by molar-refractivity contribution is 7.09. The highest BCUT2D eigenvalue weighted by Gasteiger charge is 2.28. The van der Waals surface area contributed by atoms with Crippen molar-refractivity contribution in [3.8, 4) is 0 Å². The third kappa shape index (κ3) is 11.8. The van der Waals surface area contributed by atoms with Crippen LogP contribution in [-0.4, -0.2) is 57.6 Å². The number of thiazole rings is 1.